The highest BCUT2D eigenvalue weighted by atomic mass is 16.3. The average molecular weight is 273 g/mol. The van der Waals surface area contributed by atoms with Crippen molar-refractivity contribution < 1.29 is 10.2 Å². The van der Waals surface area contributed by atoms with Crippen LogP contribution in [0.5, 0.6) is 11.5 Å². The van der Waals surface area contributed by atoms with Gasteiger partial charge in [0.15, 0.2) is 0 Å². The number of nitrogens with zero attached hydrogens (tertiary/aromatic N) is 2. The van der Waals surface area contributed by atoms with E-state index in [9.17, 15) is 10.2 Å². The standard InChI is InChI=1S/C15H19N3O2/c19-12-5-4-11(15(20)8-12)9-17-13-2-1-3-14(13)18-7-6-16-10-18/h4-8,10,13-14,17,19-20H,1-3,9H2. The van der Waals surface area contributed by atoms with Crippen molar-refractivity contribution in [3.63, 3.8) is 0 Å². The minimum absolute atomic E-state index is 0.0865. The van der Waals surface area contributed by atoms with Crippen LogP contribution in [-0.4, -0.2) is 25.8 Å². The van der Waals surface area contributed by atoms with Gasteiger partial charge in [0.05, 0.1) is 6.33 Å². The molecule has 5 heteroatoms. The lowest BCUT2D eigenvalue weighted by molar-refractivity contribution is 0.385. The summed E-state index contributed by atoms with van der Waals surface area (Å²) in [6, 6.07) is 5.53. The second-order valence-electron chi connectivity index (χ2n) is 5.31. The molecule has 1 saturated carbocycles. The number of benzene rings is 1. The Hall–Kier alpha value is -2.01. The molecular weight excluding hydrogens is 254 g/mol. The summed E-state index contributed by atoms with van der Waals surface area (Å²) in [5.41, 5.74) is 0.805. The summed E-state index contributed by atoms with van der Waals surface area (Å²) in [7, 11) is 0. The normalized spacial score (nSPS) is 22.2. The molecule has 0 spiro atoms. The van der Waals surface area contributed by atoms with Crippen molar-refractivity contribution in [3.8, 4) is 11.5 Å². The number of hydrogen-bond acceptors (Lipinski definition) is 4. The third kappa shape index (κ3) is 2.63. The predicted molar refractivity (Wildman–Crippen MR) is 75.5 cm³/mol. The summed E-state index contributed by atoms with van der Waals surface area (Å²) >= 11 is 0. The van der Waals surface area contributed by atoms with Crippen molar-refractivity contribution in [2.75, 3.05) is 0 Å². The Morgan fingerprint density at radius 3 is 2.95 bits per heavy atom. The number of aromatic hydroxyl groups is 2. The fraction of sp³-hybridized carbons (Fsp3) is 0.400. The van der Waals surface area contributed by atoms with Gasteiger partial charge in [-0.2, -0.15) is 0 Å². The van der Waals surface area contributed by atoms with E-state index in [1.54, 1.807) is 18.3 Å². The van der Waals surface area contributed by atoms with E-state index in [2.05, 4.69) is 14.9 Å². The van der Waals surface area contributed by atoms with E-state index in [4.69, 9.17) is 0 Å². The Kier molecular flexibility index (Phi) is 3.60. The van der Waals surface area contributed by atoms with Crippen molar-refractivity contribution in [3.05, 3.63) is 42.5 Å². The van der Waals surface area contributed by atoms with Crippen LogP contribution in [0.15, 0.2) is 36.9 Å². The first-order valence-corrected chi connectivity index (χ1v) is 6.96. The molecule has 0 saturated heterocycles. The van der Waals surface area contributed by atoms with Gasteiger partial charge in [0.25, 0.3) is 0 Å². The van der Waals surface area contributed by atoms with Crippen LogP contribution in [0, 0.1) is 0 Å². The van der Waals surface area contributed by atoms with Crippen LogP contribution in [-0.2, 0) is 6.54 Å². The van der Waals surface area contributed by atoms with Gasteiger partial charge in [0.1, 0.15) is 11.5 Å². The minimum atomic E-state index is 0.0865. The Morgan fingerprint density at radius 1 is 1.30 bits per heavy atom. The number of aromatic nitrogens is 2. The molecule has 2 atom stereocenters. The third-order valence-electron chi connectivity index (χ3n) is 4.01. The van der Waals surface area contributed by atoms with E-state index in [-0.39, 0.29) is 11.5 Å². The van der Waals surface area contributed by atoms with Gasteiger partial charge in [-0.1, -0.05) is 6.07 Å². The van der Waals surface area contributed by atoms with Gasteiger partial charge in [-0.3, -0.25) is 0 Å². The maximum atomic E-state index is 9.80. The number of rotatable bonds is 4. The molecule has 2 aromatic rings. The molecule has 0 amide bonds. The predicted octanol–water partition coefficient (Wildman–Crippen LogP) is 2.18. The Bertz CT molecular complexity index is 569. The van der Waals surface area contributed by atoms with E-state index in [1.807, 2.05) is 12.5 Å². The molecule has 0 aliphatic heterocycles. The van der Waals surface area contributed by atoms with Crippen molar-refractivity contribution in [2.24, 2.45) is 0 Å². The van der Waals surface area contributed by atoms with Gasteiger partial charge in [-0.15, -0.1) is 0 Å². The first-order valence-electron chi connectivity index (χ1n) is 6.96. The number of imidazole rings is 1. The van der Waals surface area contributed by atoms with E-state index in [1.165, 1.54) is 12.5 Å². The van der Waals surface area contributed by atoms with Gasteiger partial charge >= 0.3 is 0 Å². The van der Waals surface area contributed by atoms with Crippen LogP contribution >= 0.6 is 0 Å². The van der Waals surface area contributed by atoms with Gasteiger partial charge < -0.3 is 20.1 Å². The second kappa shape index (κ2) is 5.54. The fourth-order valence-corrected chi connectivity index (χ4v) is 2.94. The molecule has 1 heterocycles. The van der Waals surface area contributed by atoms with E-state index < -0.39 is 0 Å². The first-order chi connectivity index (χ1) is 9.74. The fourth-order valence-electron chi connectivity index (χ4n) is 2.94. The van der Waals surface area contributed by atoms with Crippen LogP contribution in [0.4, 0.5) is 0 Å². The zero-order valence-electron chi connectivity index (χ0n) is 11.2. The SMILES string of the molecule is Oc1ccc(CNC2CCCC2n2ccnc2)c(O)c1. The zero-order chi connectivity index (χ0) is 13.9. The lowest BCUT2D eigenvalue weighted by Gasteiger charge is -2.22. The van der Waals surface area contributed by atoms with Crippen molar-refractivity contribution >= 4 is 0 Å². The van der Waals surface area contributed by atoms with E-state index in [0.717, 1.165) is 18.4 Å². The summed E-state index contributed by atoms with van der Waals surface area (Å²) in [6.07, 6.45) is 9.14. The van der Waals surface area contributed by atoms with Crippen LogP contribution < -0.4 is 5.32 Å². The topological polar surface area (TPSA) is 70.3 Å². The van der Waals surface area contributed by atoms with E-state index >= 15 is 0 Å². The molecule has 1 aliphatic rings. The quantitative estimate of drug-likeness (QED) is 0.798. The van der Waals surface area contributed by atoms with Crippen molar-refractivity contribution in [1.29, 1.82) is 0 Å². The third-order valence-corrected chi connectivity index (χ3v) is 4.01. The number of phenolic OH excluding ortho intramolecular Hbond substituents is 2. The molecule has 2 unspecified atom stereocenters. The highest BCUT2D eigenvalue weighted by Gasteiger charge is 2.27. The zero-order valence-corrected chi connectivity index (χ0v) is 11.2. The number of hydrogen-bond donors (Lipinski definition) is 3. The lowest BCUT2D eigenvalue weighted by Crippen LogP contribution is -2.33. The second-order valence-corrected chi connectivity index (χ2v) is 5.31. The van der Waals surface area contributed by atoms with Gasteiger partial charge in [0.2, 0.25) is 0 Å². The molecule has 3 rings (SSSR count). The highest BCUT2D eigenvalue weighted by molar-refractivity contribution is 5.38. The summed E-state index contributed by atoms with van der Waals surface area (Å²) in [6.45, 7) is 0.599. The molecule has 0 bridgehead atoms. The van der Waals surface area contributed by atoms with Crippen molar-refractivity contribution in [1.82, 2.24) is 14.9 Å². The molecule has 1 aliphatic carbocycles. The molecule has 0 radical (unpaired) electrons. The molecule has 5 nitrogen and oxygen atoms in total. The largest absolute Gasteiger partial charge is 0.508 e. The van der Waals surface area contributed by atoms with Gasteiger partial charge in [-0.05, 0) is 25.3 Å². The Morgan fingerprint density at radius 2 is 2.20 bits per heavy atom. The molecular formula is C15H19N3O2. The van der Waals surface area contributed by atoms with Crippen molar-refractivity contribution in [2.45, 2.75) is 37.9 Å². The van der Waals surface area contributed by atoms with Gasteiger partial charge in [0, 0.05) is 42.7 Å². The minimum Gasteiger partial charge on any atom is -0.508 e. The molecule has 20 heavy (non-hydrogen) atoms. The summed E-state index contributed by atoms with van der Waals surface area (Å²) in [5.74, 6) is 0.220. The highest BCUT2D eigenvalue weighted by Crippen LogP contribution is 2.30. The monoisotopic (exact) mass is 273 g/mol. The first kappa shape index (κ1) is 13.0. The number of nitrogens with one attached hydrogen (secondary N) is 1. The van der Waals surface area contributed by atoms with Crippen LogP contribution in [0.25, 0.3) is 0 Å². The summed E-state index contributed by atoms with van der Waals surface area (Å²) in [5, 5.41) is 22.6. The van der Waals surface area contributed by atoms with Crippen LogP contribution in [0.1, 0.15) is 30.9 Å². The molecule has 1 aromatic carbocycles. The molecule has 1 aromatic heterocycles. The molecule has 1 fully saturated rings. The molecule has 106 valence electrons. The average Bonchev–Trinajstić information content (AvgIpc) is 3.08. The summed E-state index contributed by atoms with van der Waals surface area (Å²) < 4.78 is 2.15. The van der Waals surface area contributed by atoms with Crippen LogP contribution in [0.2, 0.25) is 0 Å². The Labute approximate surface area is 117 Å². The smallest absolute Gasteiger partial charge is 0.123 e. The molecule has 3 N–H and O–H groups in total. The lowest BCUT2D eigenvalue weighted by atomic mass is 10.1. The number of phenols is 2. The maximum absolute atomic E-state index is 9.80. The maximum Gasteiger partial charge on any atom is 0.123 e. The van der Waals surface area contributed by atoms with Crippen LogP contribution in [0.3, 0.4) is 0 Å². The summed E-state index contributed by atoms with van der Waals surface area (Å²) in [4.78, 5) is 4.11. The Balaban J connectivity index is 1.65. The van der Waals surface area contributed by atoms with Gasteiger partial charge in [-0.25, -0.2) is 4.98 Å². The van der Waals surface area contributed by atoms with E-state index in [0.29, 0.717) is 18.6 Å².